The van der Waals surface area contributed by atoms with Crippen molar-refractivity contribution in [2.45, 2.75) is 19.4 Å². The average Bonchev–Trinajstić information content (AvgIpc) is 2.62. The highest BCUT2D eigenvalue weighted by atomic mass is 16.2. The molecule has 0 radical (unpaired) electrons. The van der Waals surface area contributed by atoms with E-state index in [0.717, 1.165) is 4.90 Å². The van der Waals surface area contributed by atoms with Crippen LogP contribution in [0.5, 0.6) is 0 Å². The molecule has 0 spiro atoms. The summed E-state index contributed by atoms with van der Waals surface area (Å²) in [6.07, 6.45) is 1.15. The standard InChI is InChI=1S/C9H11N5O3/c1-5(8-12-10-4-13(8)2)14-7(16)3-6(15)11-9(14)17/h4-5H,3H2,1-2H3,(H,11,15,17). The van der Waals surface area contributed by atoms with Crippen molar-refractivity contribution in [1.82, 2.24) is 25.0 Å². The summed E-state index contributed by atoms with van der Waals surface area (Å²) < 4.78 is 1.61. The molecule has 0 aromatic carbocycles. The Morgan fingerprint density at radius 2 is 2.12 bits per heavy atom. The van der Waals surface area contributed by atoms with Crippen LogP contribution in [0.4, 0.5) is 4.79 Å². The van der Waals surface area contributed by atoms with E-state index >= 15 is 0 Å². The topological polar surface area (TPSA) is 97.2 Å². The highest BCUT2D eigenvalue weighted by Gasteiger charge is 2.36. The van der Waals surface area contributed by atoms with Gasteiger partial charge in [0.2, 0.25) is 11.8 Å². The van der Waals surface area contributed by atoms with Gasteiger partial charge in [-0.1, -0.05) is 0 Å². The lowest BCUT2D eigenvalue weighted by Crippen LogP contribution is -2.53. The zero-order chi connectivity index (χ0) is 12.6. The highest BCUT2D eigenvalue weighted by Crippen LogP contribution is 2.20. The van der Waals surface area contributed by atoms with Crippen LogP contribution in [-0.2, 0) is 16.6 Å². The first-order valence-electron chi connectivity index (χ1n) is 5.00. The second kappa shape index (κ2) is 3.96. The number of urea groups is 1. The average molecular weight is 237 g/mol. The molecule has 0 aliphatic carbocycles. The van der Waals surface area contributed by atoms with Crippen molar-refractivity contribution in [1.29, 1.82) is 0 Å². The third kappa shape index (κ3) is 1.88. The van der Waals surface area contributed by atoms with Crippen LogP contribution in [0.15, 0.2) is 6.33 Å². The number of nitrogens with one attached hydrogen (secondary N) is 1. The number of carbonyl (C=O) groups excluding carboxylic acids is 3. The number of aromatic nitrogens is 3. The van der Waals surface area contributed by atoms with Crippen molar-refractivity contribution >= 4 is 17.8 Å². The number of hydrogen-bond donors (Lipinski definition) is 1. The monoisotopic (exact) mass is 237 g/mol. The molecule has 1 N–H and O–H groups in total. The van der Waals surface area contributed by atoms with Crippen LogP contribution in [0.25, 0.3) is 0 Å². The summed E-state index contributed by atoms with van der Waals surface area (Å²) in [5, 5.41) is 9.60. The fourth-order valence-corrected chi connectivity index (χ4v) is 1.74. The Morgan fingerprint density at radius 3 is 2.65 bits per heavy atom. The molecule has 17 heavy (non-hydrogen) atoms. The lowest BCUT2D eigenvalue weighted by Gasteiger charge is -2.29. The zero-order valence-electron chi connectivity index (χ0n) is 9.38. The molecule has 1 aliphatic rings. The van der Waals surface area contributed by atoms with E-state index in [9.17, 15) is 14.4 Å². The second-order valence-electron chi connectivity index (χ2n) is 3.77. The number of amides is 4. The van der Waals surface area contributed by atoms with Crippen molar-refractivity contribution in [2.75, 3.05) is 0 Å². The fraction of sp³-hybridized carbons (Fsp3) is 0.444. The molecule has 1 unspecified atom stereocenters. The number of carbonyl (C=O) groups is 3. The number of barbiturate groups is 1. The summed E-state index contributed by atoms with van der Waals surface area (Å²) in [5.41, 5.74) is 0. The van der Waals surface area contributed by atoms with E-state index in [-0.39, 0.29) is 6.42 Å². The number of rotatable bonds is 2. The molecule has 0 bridgehead atoms. The summed E-state index contributed by atoms with van der Waals surface area (Å²) >= 11 is 0. The third-order valence-electron chi connectivity index (χ3n) is 2.55. The third-order valence-corrected chi connectivity index (χ3v) is 2.55. The van der Waals surface area contributed by atoms with Gasteiger partial charge in [0.25, 0.3) is 0 Å². The van der Waals surface area contributed by atoms with Gasteiger partial charge in [-0.3, -0.25) is 19.8 Å². The Labute approximate surface area is 96.6 Å². The van der Waals surface area contributed by atoms with Crippen LogP contribution in [0.2, 0.25) is 0 Å². The van der Waals surface area contributed by atoms with Crippen molar-refractivity contribution in [2.24, 2.45) is 7.05 Å². The predicted molar refractivity (Wildman–Crippen MR) is 54.4 cm³/mol. The molecule has 90 valence electrons. The van der Waals surface area contributed by atoms with Crippen LogP contribution in [0.1, 0.15) is 25.2 Å². The number of hydrogen-bond acceptors (Lipinski definition) is 5. The van der Waals surface area contributed by atoms with Gasteiger partial charge in [0.05, 0.1) is 6.04 Å². The van der Waals surface area contributed by atoms with E-state index in [1.165, 1.54) is 6.33 Å². The molecule has 1 aromatic rings. The summed E-state index contributed by atoms with van der Waals surface area (Å²) in [6.45, 7) is 1.65. The highest BCUT2D eigenvalue weighted by molar-refractivity contribution is 6.14. The van der Waals surface area contributed by atoms with Crippen molar-refractivity contribution in [3.05, 3.63) is 12.2 Å². The van der Waals surface area contributed by atoms with Crippen molar-refractivity contribution in [3.63, 3.8) is 0 Å². The lowest BCUT2D eigenvalue weighted by molar-refractivity contribution is -0.137. The van der Waals surface area contributed by atoms with Gasteiger partial charge in [-0.2, -0.15) is 0 Å². The van der Waals surface area contributed by atoms with Gasteiger partial charge in [-0.05, 0) is 6.92 Å². The minimum atomic E-state index is -0.721. The molecule has 1 atom stereocenters. The molecule has 1 aromatic heterocycles. The number of imide groups is 2. The van der Waals surface area contributed by atoms with E-state index in [4.69, 9.17) is 0 Å². The van der Waals surface area contributed by atoms with E-state index < -0.39 is 23.9 Å². The Balaban J connectivity index is 2.28. The summed E-state index contributed by atoms with van der Waals surface area (Å²) in [4.78, 5) is 35.2. The molecule has 2 rings (SSSR count). The second-order valence-corrected chi connectivity index (χ2v) is 3.77. The first-order valence-corrected chi connectivity index (χ1v) is 5.00. The van der Waals surface area contributed by atoms with Crippen LogP contribution in [0, 0.1) is 0 Å². The molecular weight excluding hydrogens is 226 g/mol. The Bertz CT molecular complexity index is 475. The number of aryl methyl sites for hydroxylation is 1. The van der Waals surface area contributed by atoms with Crippen LogP contribution >= 0.6 is 0 Å². The van der Waals surface area contributed by atoms with Gasteiger partial charge >= 0.3 is 6.03 Å². The first kappa shape index (κ1) is 11.2. The van der Waals surface area contributed by atoms with E-state index in [2.05, 4.69) is 15.5 Å². The maximum Gasteiger partial charge on any atom is 0.331 e. The SMILES string of the molecule is CC(c1nncn1C)N1C(=O)CC(=O)NC1=O. The zero-order valence-corrected chi connectivity index (χ0v) is 9.38. The largest absolute Gasteiger partial charge is 0.331 e. The predicted octanol–water partition coefficient (Wildman–Crippen LogP) is -0.655. The van der Waals surface area contributed by atoms with Gasteiger partial charge in [0, 0.05) is 7.05 Å². The Kier molecular flexibility index (Phi) is 2.62. The van der Waals surface area contributed by atoms with Crippen LogP contribution in [0.3, 0.4) is 0 Å². The quantitative estimate of drug-likeness (QED) is 0.689. The molecule has 8 nitrogen and oxygen atoms in total. The van der Waals surface area contributed by atoms with E-state index in [1.807, 2.05) is 0 Å². The number of nitrogens with zero attached hydrogens (tertiary/aromatic N) is 4. The van der Waals surface area contributed by atoms with Crippen molar-refractivity contribution in [3.8, 4) is 0 Å². The van der Waals surface area contributed by atoms with E-state index in [0.29, 0.717) is 5.82 Å². The minimum Gasteiger partial charge on any atom is -0.319 e. The van der Waals surface area contributed by atoms with Gasteiger partial charge in [0.15, 0.2) is 5.82 Å². The lowest BCUT2D eigenvalue weighted by atomic mass is 10.2. The molecule has 1 aliphatic heterocycles. The van der Waals surface area contributed by atoms with Gasteiger partial charge in [-0.25, -0.2) is 4.79 Å². The van der Waals surface area contributed by atoms with Crippen molar-refractivity contribution < 1.29 is 14.4 Å². The minimum absolute atomic E-state index is 0.325. The molecular formula is C9H11N5O3. The molecule has 8 heteroatoms. The molecule has 4 amide bonds. The smallest absolute Gasteiger partial charge is 0.319 e. The van der Waals surface area contributed by atoms with Crippen LogP contribution in [-0.4, -0.2) is 37.5 Å². The van der Waals surface area contributed by atoms with Crippen LogP contribution < -0.4 is 5.32 Å². The molecule has 2 heterocycles. The summed E-state index contributed by atoms with van der Waals surface area (Å²) in [6, 6.07) is -1.29. The summed E-state index contributed by atoms with van der Waals surface area (Å²) in [5.74, 6) is -0.640. The summed E-state index contributed by atoms with van der Waals surface area (Å²) in [7, 11) is 1.71. The Hall–Kier alpha value is -2.25. The maximum absolute atomic E-state index is 11.6. The maximum atomic E-state index is 11.6. The molecule has 1 fully saturated rings. The normalized spacial score (nSPS) is 18.2. The van der Waals surface area contributed by atoms with Gasteiger partial charge in [-0.15, -0.1) is 10.2 Å². The molecule has 0 saturated carbocycles. The van der Waals surface area contributed by atoms with Gasteiger partial charge < -0.3 is 4.57 Å². The molecule has 1 saturated heterocycles. The van der Waals surface area contributed by atoms with E-state index in [1.54, 1.807) is 18.5 Å². The Morgan fingerprint density at radius 1 is 1.41 bits per heavy atom. The van der Waals surface area contributed by atoms with Gasteiger partial charge in [0.1, 0.15) is 12.7 Å². The fourth-order valence-electron chi connectivity index (χ4n) is 1.74. The first-order chi connectivity index (χ1) is 8.00.